The number of aromatic nitrogens is 1. The van der Waals surface area contributed by atoms with Crippen LogP contribution in [0.5, 0.6) is 5.75 Å². The number of pyridine rings is 1. The number of para-hydroxylation sites is 1. The molecule has 2 fully saturated rings. The molecule has 4 atom stereocenters. The summed E-state index contributed by atoms with van der Waals surface area (Å²) in [6.45, 7) is 0.0252. The van der Waals surface area contributed by atoms with Gasteiger partial charge in [-0.1, -0.05) is 29.8 Å². The van der Waals surface area contributed by atoms with E-state index in [-0.39, 0.29) is 37.7 Å². The van der Waals surface area contributed by atoms with Crippen molar-refractivity contribution in [1.29, 1.82) is 0 Å². The Hall–Kier alpha value is -2.83. The average molecular weight is 807 g/mol. The highest BCUT2D eigenvalue weighted by atomic mass is 35.5. The Bertz CT molecular complexity index is 1810. The molecule has 3 aromatic rings. The van der Waals surface area contributed by atoms with Gasteiger partial charge in [-0.2, -0.15) is 0 Å². The molecular weight excluding hydrogens is 756 g/mol. The minimum absolute atomic E-state index is 0.0601. The summed E-state index contributed by atoms with van der Waals surface area (Å²) in [5.41, 5.74) is 4.05. The van der Waals surface area contributed by atoms with Gasteiger partial charge in [-0.3, -0.25) is 9.78 Å². The van der Waals surface area contributed by atoms with Gasteiger partial charge in [0.05, 0.1) is 19.0 Å². The topological polar surface area (TPSA) is 202 Å². The second-order valence-electron chi connectivity index (χ2n) is 14.0. The maximum absolute atomic E-state index is 13.1. The number of rotatable bonds is 23. The predicted molar refractivity (Wildman–Crippen MR) is 208 cm³/mol. The average Bonchev–Trinajstić information content (AvgIpc) is 4.11. The fraction of sp³-hybridized carbons (Fsp3) is 0.526. The van der Waals surface area contributed by atoms with E-state index >= 15 is 0 Å². The number of ether oxygens (including phenoxy) is 1. The lowest BCUT2D eigenvalue weighted by Crippen LogP contribution is -2.53. The molecule has 54 heavy (non-hydrogen) atoms. The summed E-state index contributed by atoms with van der Waals surface area (Å²) in [4.78, 5) is 19.9. The highest BCUT2D eigenvalue weighted by Crippen LogP contribution is 2.50. The fourth-order valence-corrected chi connectivity index (χ4v) is 7.86. The Morgan fingerprint density at radius 1 is 1.04 bits per heavy atom. The summed E-state index contributed by atoms with van der Waals surface area (Å²) in [5, 5.41) is 54.0. The third kappa shape index (κ3) is 11.8. The lowest BCUT2D eigenvalue weighted by molar-refractivity contribution is -0.158. The van der Waals surface area contributed by atoms with Gasteiger partial charge < -0.3 is 40.5 Å². The molecule has 0 saturated heterocycles. The molecule has 13 nitrogen and oxygen atoms in total. The van der Waals surface area contributed by atoms with Crippen molar-refractivity contribution in [3.05, 3.63) is 77.1 Å². The smallest absolute Gasteiger partial charge is 0.254 e. The van der Waals surface area contributed by atoms with Crippen molar-refractivity contribution in [3.63, 3.8) is 0 Å². The number of thioether (sulfide) groups is 1. The van der Waals surface area contributed by atoms with Crippen molar-refractivity contribution in [1.82, 2.24) is 19.9 Å². The van der Waals surface area contributed by atoms with Gasteiger partial charge in [-0.15, -0.1) is 11.8 Å². The zero-order valence-corrected chi connectivity index (χ0v) is 32.7. The van der Waals surface area contributed by atoms with Crippen molar-refractivity contribution >= 4 is 39.3 Å². The quantitative estimate of drug-likeness (QED) is 0.0547. The molecule has 2 saturated carbocycles. The van der Waals surface area contributed by atoms with Crippen molar-refractivity contribution in [3.8, 4) is 16.9 Å². The van der Waals surface area contributed by atoms with Gasteiger partial charge in [-0.25, -0.2) is 13.1 Å². The number of nitrogens with zero attached hydrogens (tertiary/aromatic N) is 2. The Kier molecular flexibility index (Phi) is 15.2. The Balaban J connectivity index is 1.16. The van der Waals surface area contributed by atoms with E-state index in [1.54, 1.807) is 11.8 Å². The second-order valence-corrected chi connectivity index (χ2v) is 17.4. The van der Waals surface area contributed by atoms with Gasteiger partial charge in [0, 0.05) is 59.6 Å². The van der Waals surface area contributed by atoms with Crippen LogP contribution >= 0.6 is 23.4 Å². The van der Waals surface area contributed by atoms with Crippen molar-refractivity contribution in [2.24, 2.45) is 0 Å². The number of amides is 1. The van der Waals surface area contributed by atoms with E-state index in [1.807, 2.05) is 42.7 Å². The van der Waals surface area contributed by atoms with E-state index in [1.165, 1.54) is 4.90 Å². The molecule has 2 aliphatic rings. The van der Waals surface area contributed by atoms with E-state index < -0.39 is 47.0 Å². The van der Waals surface area contributed by atoms with Crippen LogP contribution in [0.25, 0.3) is 11.1 Å². The van der Waals surface area contributed by atoms with Crippen LogP contribution in [0, 0.1) is 0 Å². The number of sulfonamides is 1. The number of nitrogens with one attached hydrogen (secondary N) is 2. The van der Waals surface area contributed by atoms with Gasteiger partial charge in [-0.05, 0) is 97.7 Å². The summed E-state index contributed by atoms with van der Waals surface area (Å²) in [7, 11) is -3.44. The van der Waals surface area contributed by atoms with E-state index in [4.69, 9.17) is 21.4 Å². The predicted octanol–water partition coefficient (Wildman–Crippen LogP) is 2.80. The number of aliphatic hydroxyl groups excluding tert-OH is 5. The summed E-state index contributed by atoms with van der Waals surface area (Å²) in [6.07, 6.45) is 2.86. The molecule has 7 N–H and O–H groups in total. The van der Waals surface area contributed by atoms with E-state index in [0.717, 1.165) is 64.8 Å². The summed E-state index contributed by atoms with van der Waals surface area (Å²) < 4.78 is 31.5. The van der Waals surface area contributed by atoms with E-state index in [2.05, 4.69) is 33.2 Å². The summed E-state index contributed by atoms with van der Waals surface area (Å²) in [6, 6.07) is 16.2. The Labute approximate surface area is 326 Å². The van der Waals surface area contributed by atoms with Crippen LogP contribution in [-0.4, -0.2) is 119 Å². The number of hydrogen-bond donors (Lipinski definition) is 7. The molecule has 1 aromatic heterocycles. The van der Waals surface area contributed by atoms with Crippen LogP contribution in [0.3, 0.4) is 0 Å². The maximum Gasteiger partial charge on any atom is 0.254 e. The second kappa shape index (κ2) is 19.4. The molecule has 0 unspecified atom stereocenters. The normalized spacial score (nSPS) is 17.4. The zero-order chi connectivity index (χ0) is 38.9. The number of halogens is 1. The van der Waals surface area contributed by atoms with Crippen LogP contribution < -0.4 is 14.8 Å². The number of carbonyl (C=O) groups is 1. The first-order valence-electron chi connectivity index (χ1n) is 18.3. The van der Waals surface area contributed by atoms with Gasteiger partial charge in [0.15, 0.2) is 6.10 Å². The molecule has 0 spiro atoms. The zero-order valence-electron chi connectivity index (χ0n) is 30.3. The van der Waals surface area contributed by atoms with Gasteiger partial charge >= 0.3 is 0 Å². The monoisotopic (exact) mass is 806 g/mol. The van der Waals surface area contributed by atoms with Gasteiger partial charge in [0.1, 0.15) is 24.1 Å². The molecule has 1 heterocycles. The van der Waals surface area contributed by atoms with Gasteiger partial charge in [0.2, 0.25) is 10.0 Å². The maximum atomic E-state index is 13.1. The standard InChI is InChI=1S/C38H51ClN4O9S2/c1-54(50,51)42-16-6-19-43(37(49)36(48)35(47)34(46)32(45)24-44)18-4-5-20-53-27-11-12-31(39)25(21-27)22-41-38(14-15-38)30-23-40-17-13-28(30)29-7-2-3-8-33(29)52-26-9-10-26/h2-3,7-8,11-13,17,21,23,26,32,34-36,41-42,44-48H,4-6,9-10,14-16,18-20,22,24H2,1H3/t32-,34+,35-,36-/m0/s1. The van der Waals surface area contributed by atoms with Crippen LogP contribution in [0.4, 0.5) is 0 Å². The summed E-state index contributed by atoms with van der Waals surface area (Å²) in [5.74, 6) is 0.726. The minimum Gasteiger partial charge on any atom is -0.490 e. The SMILES string of the molecule is CS(=O)(=O)NCCCN(CCCCSc1ccc(Cl)c(CNC2(c3cnccc3-c3ccccc3OC3CC3)CC2)c1)C(=O)[C@@H](O)[C@@H](O)[C@H](O)[C@@H](O)CO. The molecule has 2 aliphatic carbocycles. The third-order valence-corrected chi connectivity index (χ3v) is 11.8. The van der Waals surface area contributed by atoms with Crippen LogP contribution in [0.1, 0.15) is 56.1 Å². The lowest BCUT2D eigenvalue weighted by atomic mass is 9.94. The number of carbonyl (C=O) groups excluding carboxylic acids is 1. The lowest BCUT2D eigenvalue weighted by Gasteiger charge is -2.30. The Morgan fingerprint density at radius 3 is 2.48 bits per heavy atom. The summed E-state index contributed by atoms with van der Waals surface area (Å²) >= 11 is 8.32. The Morgan fingerprint density at radius 2 is 1.78 bits per heavy atom. The molecule has 16 heteroatoms. The number of aliphatic hydroxyl groups is 5. The number of benzene rings is 2. The number of hydrogen-bond acceptors (Lipinski definition) is 12. The molecule has 296 valence electrons. The van der Waals surface area contributed by atoms with E-state index in [9.17, 15) is 33.6 Å². The van der Waals surface area contributed by atoms with Crippen molar-refractivity contribution in [2.75, 3.05) is 38.2 Å². The molecule has 2 aromatic carbocycles. The number of unbranched alkanes of at least 4 members (excludes halogenated alkanes) is 1. The highest BCUT2D eigenvalue weighted by Gasteiger charge is 2.46. The van der Waals surface area contributed by atoms with Crippen molar-refractivity contribution < 1.29 is 43.5 Å². The van der Waals surface area contributed by atoms with Crippen LogP contribution in [-0.2, 0) is 26.9 Å². The molecule has 5 rings (SSSR count). The molecular formula is C38H51ClN4O9S2. The molecule has 0 bridgehead atoms. The highest BCUT2D eigenvalue weighted by molar-refractivity contribution is 7.99. The van der Waals surface area contributed by atoms with Crippen molar-refractivity contribution in [2.45, 2.75) is 92.4 Å². The first-order valence-corrected chi connectivity index (χ1v) is 21.5. The molecule has 0 aliphatic heterocycles. The fourth-order valence-electron chi connectivity index (χ4n) is 6.19. The van der Waals surface area contributed by atoms with Crippen LogP contribution in [0.2, 0.25) is 5.02 Å². The largest absolute Gasteiger partial charge is 0.490 e. The molecule has 0 radical (unpaired) electrons. The molecule has 1 amide bonds. The van der Waals surface area contributed by atoms with Gasteiger partial charge in [0.25, 0.3) is 5.91 Å². The van der Waals surface area contributed by atoms with Crippen LogP contribution in [0.15, 0.2) is 65.8 Å². The third-order valence-electron chi connectivity index (χ3n) is 9.60. The minimum atomic E-state index is -3.44. The first-order chi connectivity index (χ1) is 25.8. The van der Waals surface area contributed by atoms with E-state index in [0.29, 0.717) is 30.2 Å². The first kappa shape index (κ1) is 42.3.